The molecule has 5 rings (SSSR count). The number of aromatic hydroxyl groups is 1. The van der Waals surface area contributed by atoms with Gasteiger partial charge >= 0.3 is 0 Å². The molecular formula is C28H28N4O6S. The van der Waals surface area contributed by atoms with E-state index in [4.69, 9.17) is 9.72 Å². The minimum atomic E-state index is -0.676. The van der Waals surface area contributed by atoms with E-state index >= 15 is 0 Å². The van der Waals surface area contributed by atoms with E-state index in [0.717, 1.165) is 11.3 Å². The van der Waals surface area contributed by atoms with Crippen molar-refractivity contribution in [3.05, 3.63) is 90.9 Å². The number of nitrogens with one attached hydrogen (secondary N) is 2. The number of fused-ring (bicyclic) bond motifs is 1. The standard InChI is InChI=1S/C28H28N4O6S/c1-4-38-21-11-16(7-10-19(21)33)22-23-18(12-28(2,3)13-20(23)34)29-25-24(22)26(35)31-27(30-25)39-14-15-5-8-17(9-6-15)32(36)37/h5-11,22,33H,4,12-14H2,1-3H3,(H2,29,30,31,35). The number of allylic oxidation sites excluding steroid dienone is 2. The van der Waals surface area contributed by atoms with E-state index in [9.17, 15) is 24.8 Å². The number of nitrogens with zero attached hydrogens (tertiary/aromatic N) is 2. The molecule has 0 spiro atoms. The zero-order chi connectivity index (χ0) is 27.9. The number of nitro benzene ring substituents is 1. The summed E-state index contributed by atoms with van der Waals surface area (Å²) in [6.07, 6.45) is 0.963. The first-order valence-electron chi connectivity index (χ1n) is 12.6. The SMILES string of the molecule is CCOc1cc(C2C3=C(CC(C)(C)CC3=O)Nc3nc(SCc4ccc([N+](=O)[O-])cc4)[nH]c(=O)c32)ccc1O. The quantitative estimate of drug-likeness (QED) is 0.155. The summed E-state index contributed by atoms with van der Waals surface area (Å²) in [4.78, 5) is 45.0. The number of benzene rings is 2. The van der Waals surface area contributed by atoms with Crippen LogP contribution in [0.5, 0.6) is 11.5 Å². The first-order chi connectivity index (χ1) is 18.6. The molecule has 1 unspecified atom stereocenters. The molecule has 0 fully saturated rings. The lowest BCUT2D eigenvalue weighted by Gasteiger charge is -2.38. The minimum absolute atomic E-state index is 0.00932. The van der Waals surface area contributed by atoms with Crippen molar-refractivity contribution in [1.29, 1.82) is 0 Å². The van der Waals surface area contributed by atoms with Crippen molar-refractivity contribution >= 4 is 29.1 Å². The Balaban J connectivity index is 1.55. The Hall–Kier alpha value is -4.12. The van der Waals surface area contributed by atoms with E-state index in [2.05, 4.69) is 10.3 Å². The Morgan fingerprint density at radius 2 is 1.92 bits per heavy atom. The van der Waals surface area contributed by atoms with Gasteiger partial charge in [0.1, 0.15) is 5.82 Å². The van der Waals surface area contributed by atoms with Gasteiger partial charge in [-0.05, 0) is 42.0 Å². The number of hydrogen-bond acceptors (Lipinski definition) is 9. The van der Waals surface area contributed by atoms with Gasteiger partial charge in [0.25, 0.3) is 11.2 Å². The van der Waals surface area contributed by atoms with Gasteiger partial charge in [0.15, 0.2) is 22.4 Å². The normalized spacial score (nSPS) is 17.7. The number of rotatable bonds is 7. The van der Waals surface area contributed by atoms with E-state index in [1.165, 1.54) is 30.0 Å². The van der Waals surface area contributed by atoms with E-state index in [-0.39, 0.29) is 33.9 Å². The molecule has 0 saturated heterocycles. The predicted octanol–water partition coefficient (Wildman–Crippen LogP) is 5.28. The molecule has 1 atom stereocenters. The van der Waals surface area contributed by atoms with Crippen LogP contribution in [-0.2, 0) is 10.5 Å². The number of nitro groups is 1. The second kappa shape index (κ2) is 10.2. The molecule has 3 aromatic rings. The number of anilines is 1. The fourth-order valence-corrected chi connectivity index (χ4v) is 5.96. The van der Waals surface area contributed by atoms with Crippen LogP contribution in [0.25, 0.3) is 0 Å². The molecule has 0 radical (unpaired) electrons. The smallest absolute Gasteiger partial charge is 0.269 e. The summed E-state index contributed by atoms with van der Waals surface area (Å²) in [6, 6.07) is 11.1. The number of phenols is 1. The third kappa shape index (κ3) is 5.26. The van der Waals surface area contributed by atoms with Crippen LogP contribution in [0.1, 0.15) is 56.2 Å². The number of non-ortho nitro benzene ring substituents is 1. The van der Waals surface area contributed by atoms with Gasteiger partial charge < -0.3 is 20.1 Å². The lowest BCUT2D eigenvalue weighted by Crippen LogP contribution is -2.37. The third-order valence-corrected chi connectivity index (χ3v) is 7.78. The Bertz CT molecular complexity index is 1560. The summed E-state index contributed by atoms with van der Waals surface area (Å²) < 4.78 is 5.59. The van der Waals surface area contributed by atoms with Crippen molar-refractivity contribution in [3.63, 3.8) is 0 Å². The first-order valence-corrected chi connectivity index (χ1v) is 13.5. The van der Waals surface area contributed by atoms with E-state index in [1.54, 1.807) is 24.3 Å². The maximum Gasteiger partial charge on any atom is 0.269 e. The van der Waals surface area contributed by atoms with Crippen molar-refractivity contribution < 1.29 is 19.6 Å². The zero-order valence-corrected chi connectivity index (χ0v) is 22.6. The molecule has 0 saturated carbocycles. The lowest BCUT2D eigenvalue weighted by molar-refractivity contribution is -0.384. The van der Waals surface area contributed by atoms with Gasteiger partial charge in [0, 0.05) is 41.5 Å². The summed E-state index contributed by atoms with van der Waals surface area (Å²) in [5.74, 6) is 0.366. The Labute approximate surface area is 228 Å². The van der Waals surface area contributed by atoms with Crippen molar-refractivity contribution in [1.82, 2.24) is 9.97 Å². The minimum Gasteiger partial charge on any atom is -0.504 e. The number of hydrogen-bond donors (Lipinski definition) is 3. The highest BCUT2D eigenvalue weighted by Crippen LogP contribution is 2.48. The Morgan fingerprint density at radius 3 is 2.62 bits per heavy atom. The van der Waals surface area contributed by atoms with Crippen molar-refractivity contribution in [2.45, 2.75) is 50.4 Å². The number of aromatic nitrogens is 2. The molecule has 2 aliphatic rings. The van der Waals surface area contributed by atoms with E-state index < -0.39 is 10.8 Å². The van der Waals surface area contributed by atoms with Gasteiger partial charge in [-0.3, -0.25) is 19.7 Å². The number of H-pyrrole nitrogens is 1. The molecule has 2 aromatic carbocycles. The monoisotopic (exact) mass is 548 g/mol. The topological polar surface area (TPSA) is 147 Å². The Morgan fingerprint density at radius 1 is 1.18 bits per heavy atom. The molecule has 11 heteroatoms. The van der Waals surface area contributed by atoms with Gasteiger partial charge in [0.05, 0.1) is 17.1 Å². The number of ketones is 1. The highest BCUT2D eigenvalue weighted by molar-refractivity contribution is 7.98. The van der Waals surface area contributed by atoms with Crippen molar-refractivity contribution in [3.8, 4) is 11.5 Å². The molecule has 3 N–H and O–H groups in total. The molecule has 202 valence electrons. The van der Waals surface area contributed by atoms with E-state index in [1.807, 2.05) is 20.8 Å². The largest absolute Gasteiger partial charge is 0.504 e. The fourth-order valence-electron chi connectivity index (χ4n) is 5.14. The van der Waals surface area contributed by atoms with Crippen LogP contribution in [0.4, 0.5) is 11.5 Å². The number of thioether (sulfide) groups is 1. The summed E-state index contributed by atoms with van der Waals surface area (Å²) in [5, 5.41) is 24.9. The van der Waals surface area contributed by atoms with Crippen LogP contribution in [-0.4, -0.2) is 32.4 Å². The number of carbonyl (C=O) groups is 1. The maximum atomic E-state index is 13.5. The number of Topliss-reactive ketones (excluding diaryl/α,β-unsaturated/α-hetero) is 1. The summed E-state index contributed by atoms with van der Waals surface area (Å²) in [6.45, 7) is 6.22. The number of carbonyl (C=O) groups excluding carboxylic acids is 1. The second-order valence-electron chi connectivity index (χ2n) is 10.4. The summed E-state index contributed by atoms with van der Waals surface area (Å²) >= 11 is 1.30. The van der Waals surface area contributed by atoms with Crippen LogP contribution >= 0.6 is 11.8 Å². The first kappa shape index (κ1) is 26.5. The number of aromatic amines is 1. The predicted molar refractivity (Wildman–Crippen MR) is 147 cm³/mol. The average Bonchev–Trinajstić information content (AvgIpc) is 2.87. The zero-order valence-electron chi connectivity index (χ0n) is 21.7. The molecule has 1 aliphatic heterocycles. The Kier molecular flexibility index (Phi) is 6.94. The molecule has 1 aliphatic carbocycles. The highest BCUT2D eigenvalue weighted by Gasteiger charge is 2.42. The molecule has 1 aromatic heterocycles. The second-order valence-corrected chi connectivity index (χ2v) is 11.4. The highest BCUT2D eigenvalue weighted by atomic mass is 32.2. The van der Waals surface area contributed by atoms with Crippen LogP contribution < -0.4 is 15.6 Å². The average molecular weight is 549 g/mol. The van der Waals surface area contributed by atoms with E-state index in [0.29, 0.717) is 52.9 Å². The molecule has 10 nitrogen and oxygen atoms in total. The van der Waals surface area contributed by atoms with Crippen LogP contribution in [0.3, 0.4) is 0 Å². The van der Waals surface area contributed by atoms with Crippen molar-refractivity contribution in [2.24, 2.45) is 5.41 Å². The van der Waals surface area contributed by atoms with Crippen LogP contribution in [0.2, 0.25) is 0 Å². The maximum absolute atomic E-state index is 13.5. The third-order valence-electron chi connectivity index (χ3n) is 6.84. The fraction of sp³-hybridized carbons (Fsp3) is 0.321. The van der Waals surface area contributed by atoms with Gasteiger partial charge in [-0.2, -0.15) is 0 Å². The van der Waals surface area contributed by atoms with Crippen LogP contribution in [0, 0.1) is 15.5 Å². The van der Waals surface area contributed by atoms with Gasteiger partial charge in [-0.25, -0.2) is 4.98 Å². The molecule has 39 heavy (non-hydrogen) atoms. The lowest BCUT2D eigenvalue weighted by atomic mass is 9.69. The van der Waals surface area contributed by atoms with Gasteiger partial charge in [-0.15, -0.1) is 0 Å². The van der Waals surface area contributed by atoms with Gasteiger partial charge in [0.2, 0.25) is 0 Å². The molecule has 0 amide bonds. The molecular weight excluding hydrogens is 520 g/mol. The number of ether oxygens (including phenoxy) is 1. The summed E-state index contributed by atoms with van der Waals surface area (Å²) in [7, 11) is 0. The molecule has 0 bridgehead atoms. The van der Waals surface area contributed by atoms with Gasteiger partial charge in [-0.1, -0.05) is 43.8 Å². The molecule has 2 heterocycles. The van der Waals surface area contributed by atoms with Crippen LogP contribution in [0.15, 0.2) is 63.7 Å². The van der Waals surface area contributed by atoms with Crippen molar-refractivity contribution in [2.75, 3.05) is 11.9 Å². The summed E-state index contributed by atoms with van der Waals surface area (Å²) in [5.41, 5.74) is 2.47. The number of phenolic OH excluding ortho intramolecular Hbond substituents is 1.